The third-order valence-corrected chi connectivity index (χ3v) is 3.53. The van der Waals surface area contributed by atoms with Gasteiger partial charge in [-0.05, 0) is 43.7 Å². The Kier molecular flexibility index (Phi) is 8.43. The van der Waals surface area contributed by atoms with Gasteiger partial charge in [-0.1, -0.05) is 13.8 Å². The molecule has 1 aromatic heterocycles. The van der Waals surface area contributed by atoms with Gasteiger partial charge in [-0.2, -0.15) is 5.10 Å². The van der Waals surface area contributed by atoms with Crippen LogP contribution in [0.5, 0.6) is 0 Å². The molecule has 0 radical (unpaired) electrons. The molecule has 7 heteroatoms. The molecule has 0 saturated carbocycles. The van der Waals surface area contributed by atoms with Crippen molar-refractivity contribution in [2.45, 2.75) is 26.7 Å². The smallest absolute Gasteiger partial charge is 0.254 e. The first-order valence-electron chi connectivity index (χ1n) is 7.99. The van der Waals surface area contributed by atoms with Crippen molar-refractivity contribution in [3.05, 3.63) is 47.5 Å². The Hall–Kier alpha value is -1.92. The molecule has 0 atom stereocenters. The average Bonchev–Trinajstić information content (AvgIpc) is 2.99. The van der Waals surface area contributed by atoms with E-state index >= 15 is 0 Å². The van der Waals surface area contributed by atoms with Crippen LogP contribution >= 0.6 is 12.4 Å². The Morgan fingerprint density at radius 1 is 1.17 bits per heavy atom. The van der Waals surface area contributed by atoms with Gasteiger partial charge in [0.1, 0.15) is 5.82 Å². The highest BCUT2D eigenvalue weighted by molar-refractivity contribution is 5.95. The number of amides is 1. The van der Waals surface area contributed by atoms with Crippen molar-refractivity contribution in [1.29, 1.82) is 0 Å². The fourth-order valence-corrected chi connectivity index (χ4v) is 2.37. The van der Waals surface area contributed by atoms with Gasteiger partial charge in [-0.25, -0.2) is 9.07 Å². The predicted molar refractivity (Wildman–Crippen MR) is 95.6 cm³/mol. The molecule has 0 spiro atoms. The summed E-state index contributed by atoms with van der Waals surface area (Å²) in [5, 5.41) is 10.4. The summed E-state index contributed by atoms with van der Waals surface area (Å²) in [4.78, 5) is 12.3. The minimum absolute atomic E-state index is 0. The van der Waals surface area contributed by atoms with Gasteiger partial charge in [0, 0.05) is 13.1 Å². The standard InChI is InChI=1S/C17H23FN4O.ClH/c1-3-9-19-10-11-20-17(23)15-12-21-22(16(15)4-2)14-7-5-13(18)6-8-14;/h5-8,12,19H,3-4,9-11H2,1-2H3,(H,20,23);1H. The second kappa shape index (κ2) is 10.1. The van der Waals surface area contributed by atoms with E-state index < -0.39 is 0 Å². The minimum atomic E-state index is -0.295. The van der Waals surface area contributed by atoms with Crippen LogP contribution in [0, 0.1) is 5.82 Å². The highest BCUT2D eigenvalue weighted by atomic mass is 35.5. The van der Waals surface area contributed by atoms with E-state index in [1.165, 1.54) is 12.1 Å². The fraction of sp³-hybridized carbons (Fsp3) is 0.412. The van der Waals surface area contributed by atoms with Crippen LogP contribution < -0.4 is 10.6 Å². The van der Waals surface area contributed by atoms with E-state index in [1.807, 2.05) is 6.92 Å². The molecule has 132 valence electrons. The van der Waals surface area contributed by atoms with Gasteiger partial charge in [0.25, 0.3) is 5.91 Å². The number of halogens is 2. The van der Waals surface area contributed by atoms with Gasteiger partial charge < -0.3 is 10.6 Å². The Morgan fingerprint density at radius 3 is 2.50 bits per heavy atom. The molecular formula is C17H24ClFN4O. The van der Waals surface area contributed by atoms with Crippen molar-refractivity contribution in [1.82, 2.24) is 20.4 Å². The molecule has 0 saturated heterocycles. The second-order valence-corrected chi connectivity index (χ2v) is 5.25. The molecule has 5 nitrogen and oxygen atoms in total. The van der Waals surface area contributed by atoms with Crippen molar-refractivity contribution in [3.8, 4) is 5.69 Å². The normalized spacial score (nSPS) is 10.3. The lowest BCUT2D eigenvalue weighted by atomic mass is 10.2. The third kappa shape index (κ3) is 5.04. The number of hydrogen-bond donors (Lipinski definition) is 2. The molecule has 2 N–H and O–H groups in total. The molecule has 0 aliphatic carbocycles. The number of carbonyl (C=O) groups is 1. The number of carbonyl (C=O) groups excluding carboxylic acids is 1. The molecular weight excluding hydrogens is 331 g/mol. The van der Waals surface area contributed by atoms with Crippen molar-refractivity contribution in [3.63, 3.8) is 0 Å². The Balaban J connectivity index is 0.00000288. The molecule has 1 aromatic carbocycles. The van der Waals surface area contributed by atoms with Crippen molar-refractivity contribution < 1.29 is 9.18 Å². The lowest BCUT2D eigenvalue weighted by Crippen LogP contribution is -2.32. The average molecular weight is 355 g/mol. The SMILES string of the molecule is CCCNCCNC(=O)c1cnn(-c2ccc(F)cc2)c1CC.Cl. The monoisotopic (exact) mass is 354 g/mol. The largest absolute Gasteiger partial charge is 0.351 e. The molecule has 2 rings (SSSR count). The number of nitrogens with one attached hydrogen (secondary N) is 2. The quantitative estimate of drug-likeness (QED) is 0.717. The van der Waals surface area contributed by atoms with Crippen LogP contribution in [0.3, 0.4) is 0 Å². The molecule has 0 aliphatic heterocycles. The summed E-state index contributed by atoms with van der Waals surface area (Å²) in [6.45, 7) is 6.33. The molecule has 0 aliphatic rings. The first-order valence-corrected chi connectivity index (χ1v) is 7.99. The zero-order chi connectivity index (χ0) is 16.7. The number of aromatic nitrogens is 2. The topological polar surface area (TPSA) is 58.9 Å². The van der Waals surface area contributed by atoms with E-state index in [1.54, 1.807) is 23.0 Å². The lowest BCUT2D eigenvalue weighted by molar-refractivity contribution is 0.0953. The Bertz CT molecular complexity index is 643. The maximum atomic E-state index is 13.0. The summed E-state index contributed by atoms with van der Waals surface area (Å²) in [7, 11) is 0. The second-order valence-electron chi connectivity index (χ2n) is 5.25. The molecule has 1 heterocycles. The van der Waals surface area contributed by atoms with Crippen LogP contribution in [-0.2, 0) is 6.42 Å². The summed E-state index contributed by atoms with van der Waals surface area (Å²) in [6, 6.07) is 6.07. The maximum absolute atomic E-state index is 13.0. The zero-order valence-electron chi connectivity index (χ0n) is 14.0. The maximum Gasteiger partial charge on any atom is 0.254 e. The first-order chi connectivity index (χ1) is 11.2. The van der Waals surface area contributed by atoms with E-state index in [0.29, 0.717) is 18.5 Å². The van der Waals surface area contributed by atoms with Crippen molar-refractivity contribution in [2.24, 2.45) is 0 Å². The molecule has 0 bridgehead atoms. The van der Waals surface area contributed by atoms with Gasteiger partial charge >= 0.3 is 0 Å². The third-order valence-electron chi connectivity index (χ3n) is 3.53. The molecule has 0 fully saturated rings. The van der Waals surface area contributed by atoms with Gasteiger partial charge in [0.2, 0.25) is 0 Å². The van der Waals surface area contributed by atoms with Crippen LogP contribution in [0.15, 0.2) is 30.5 Å². The lowest BCUT2D eigenvalue weighted by Gasteiger charge is -2.09. The molecule has 0 unspecified atom stereocenters. The van der Waals surface area contributed by atoms with Crippen LogP contribution in [0.2, 0.25) is 0 Å². The highest BCUT2D eigenvalue weighted by Crippen LogP contribution is 2.16. The van der Waals surface area contributed by atoms with Gasteiger partial charge in [0.05, 0.1) is 23.1 Å². The highest BCUT2D eigenvalue weighted by Gasteiger charge is 2.16. The summed E-state index contributed by atoms with van der Waals surface area (Å²) >= 11 is 0. The zero-order valence-corrected chi connectivity index (χ0v) is 14.8. The van der Waals surface area contributed by atoms with E-state index in [2.05, 4.69) is 22.7 Å². The van der Waals surface area contributed by atoms with Gasteiger partial charge in [-0.15, -0.1) is 12.4 Å². The van der Waals surface area contributed by atoms with Crippen LogP contribution in [-0.4, -0.2) is 35.3 Å². The van der Waals surface area contributed by atoms with Crippen LogP contribution in [0.4, 0.5) is 4.39 Å². The number of hydrogen-bond acceptors (Lipinski definition) is 3. The number of nitrogens with zero attached hydrogens (tertiary/aromatic N) is 2. The van der Waals surface area contributed by atoms with Gasteiger partial charge in [0.15, 0.2) is 0 Å². The number of benzene rings is 1. The summed E-state index contributed by atoms with van der Waals surface area (Å²) in [5.74, 6) is -0.426. The van der Waals surface area contributed by atoms with E-state index in [-0.39, 0.29) is 24.1 Å². The predicted octanol–water partition coefficient (Wildman–Crippen LogP) is 2.73. The summed E-state index contributed by atoms with van der Waals surface area (Å²) in [5.41, 5.74) is 2.12. The Morgan fingerprint density at radius 2 is 1.88 bits per heavy atom. The minimum Gasteiger partial charge on any atom is -0.351 e. The summed E-state index contributed by atoms with van der Waals surface area (Å²) < 4.78 is 14.7. The van der Waals surface area contributed by atoms with E-state index in [9.17, 15) is 9.18 Å². The van der Waals surface area contributed by atoms with Crippen molar-refractivity contribution >= 4 is 18.3 Å². The summed E-state index contributed by atoms with van der Waals surface area (Å²) in [6.07, 6.45) is 3.30. The Labute approximate surface area is 148 Å². The van der Waals surface area contributed by atoms with Crippen LogP contribution in [0.25, 0.3) is 5.69 Å². The van der Waals surface area contributed by atoms with E-state index in [0.717, 1.165) is 30.9 Å². The van der Waals surface area contributed by atoms with E-state index in [4.69, 9.17) is 0 Å². The first kappa shape index (κ1) is 20.1. The van der Waals surface area contributed by atoms with Gasteiger partial charge in [-0.3, -0.25) is 4.79 Å². The molecule has 24 heavy (non-hydrogen) atoms. The van der Waals surface area contributed by atoms with Crippen LogP contribution in [0.1, 0.15) is 36.3 Å². The number of rotatable bonds is 8. The molecule has 2 aromatic rings. The fourth-order valence-electron chi connectivity index (χ4n) is 2.37. The van der Waals surface area contributed by atoms with Crippen molar-refractivity contribution in [2.75, 3.05) is 19.6 Å². The molecule has 1 amide bonds.